The molecule has 3 heterocycles. The molecule has 0 radical (unpaired) electrons. The molecule has 1 aliphatic carbocycles. The highest BCUT2D eigenvalue weighted by Gasteiger charge is 2.53. The van der Waals surface area contributed by atoms with E-state index >= 15 is 0 Å². The second kappa shape index (κ2) is 7.18. The van der Waals surface area contributed by atoms with Crippen molar-refractivity contribution in [3.63, 3.8) is 0 Å². The number of piperazine rings is 1. The van der Waals surface area contributed by atoms with Crippen molar-refractivity contribution in [2.75, 3.05) is 26.2 Å². The van der Waals surface area contributed by atoms with Gasteiger partial charge in [0.1, 0.15) is 10.5 Å². The lowest BCUT2D eigenvalue weighted by molar-refractivity contribution is -0.135. The quantitative estimate of drug-likeness (QED) is 0.611. The number of benzene rings is 1. The van der Waals surface area contributed by atoms with Crippen molar-refractivity contribution < 1.29 is 13.2 Å². The van der Waals surface area contributed by atoms with Crippen molar-refractivity contribution in [1.82, 2.24) is 19.2 Å². The lowest BCUT2D eigenvalue weighted by atomic mass is 9.94. The molecular formula is C21H21BrN4O3S. The van der Waals surface area contributed by atoms with Crippen molar-refractivity contribution in [2.45, 2.75) is 23.2 Å². The zero-order valence-corrected chi connectivity index (χ0v) is 18.6. The van der Waals surface area contributed by atoms with Crippen LogP contribution in [0.1, 0.15) is 18.4 Å². The molecule has 1 saturated carbocycles. The number of aromatic nitrogens is 2. The Morgan fingerprint density at radius 2 is 1.87 bits per heavy atom. The molecule has 1 saturated heterocycles. The maximum absolute atomic E-state index is 13.3. The number of carbonyl (C=O) groups excluding carboxylic acids is 1. The monoisotopic (exact) mass is 488 g/mol. The Labute approximate surface area is 183 Å². The van der Waals surface area contributed by atoms with Gasteiger partial charge in [0, 0.05) is 48.4 Å². The average Bonchev–Trinajstić information content (AvgIpc) is 3.45. The van der Waals surface area contributed by atoms with E-state index in [0.717, 1.165) is 22.9 Å². The molecule has 2 aromatic heterocycles. The summed E-state index contributed by atoms with van der Waals surface area (Å²) in [6.07, 6.45) is 4.79. The van der Waals surface area contributed by atoms with Gasteiger partial charge in [-0.3, -0.25) is 4.79 Å². The summed E-state index contributed by atoms with van der Waals surface area (Å²) in [6, 6.07) is 11.4. The van der Waals surface area contributed by atoms with Gasteiger partial charge in [-0.25, -0.2) is 13.4 Å². The summed E-state index contributed by atoms with van der Waals surface area (Å²) in [4.78, 5) is 22.4. The number of sulfonamides is 1. The molecule has 5 rings (SSSR count). The zero-order chi connectivity index (χ0) is 20.9. The summed E-state index contributed by atoms with van der Waals surface area (Å²) >= 11 is 3.49. The van der Waals surface area contributed by atoms with Gasteiger partial charge < -0.3 is 9.88 Å². The van der Waals surface area contributed by atoms with Crippen LogP contribution in [0, 0.1) is 0 Å². The van der Waals surface area contributed by atoms with Gasteiger partial charge in [0.2, 0.25) is 15.9 Å². The minimum absolute atomic E-state index is 0.106. The van der Waals surface area contributed by atoms with Gasteiger partial charge in [-0.2, -0.15) is 4.31 Å². The standard InChI is InChI=1S/C21H21BrN4O3S/c22-16-4-1-3-15(13-16)21(6-7-21)20(27)25-9-11-26(12-10-25)30(28,29)18-14-24-19-17(18)5-2-8-23-19/h1-5,8,13-14H,6-7,9-12H2,(H,23,24). The smallest absolute Gasteiger partial charge is 0.245 e. The Bertz CT molecular complexity index is 1230. The predicted octanol–water partition coefficient (Wildman–Crippen LogP) is 2.89. The average molecular weight is 489 g/mol. The van der Waals surface area contributed by atoms with Crippen LogP contribution in [0.5, 0.6) is 0 Å². The first-order valence-corrected chi connectivity index (χ1v) is 12.1. The zero-order valence-electron chi connectivity index (χ0n) is 16.2. The van der Waals surface area contributed by atoms with Crippen LogP contribution >= 0.6 is 15.9 Å². The summed E-state index contributed by atoms with van der Waals surface area (Å²) in [7, 11) is -3.65. The maximum atomic E-state index is 13.3. The first kappa shape index (κ1) is 19.7. The third-order valence-corrected chi connectivity index (χ3v) is 8.53. The van der Waals surface area contributed by atoms with Crippen LogP contribution in [0.15, 0.2) is 58.2 Å². The highest BCUT2D eigenvalue weighted by Crippen LogP contribution is 2.50. The van der Waals surface area contributed by atoms with Crippen LogP contribution in [-0.4, -0.2) is 59.7 Å². The Morgan fingerprint density at radius 3 is 2.57 bits per heavy atom. The van der Waals surface area contributed by atoms with Crippen molar-refractivity contribution in [3.8, 4) is 0 Å². The Kier molecular flexibility index (Phi) is 4.72. The third kappa shape index (κ3) is 3.16. The number of H-pyrrole nitrogens is 1. The van der Waals surface area contributed by atoms with E-state index in [-0.39, 0.29) is 23.9 Å². The number of halogens is 1. The van der Waals surface area contributed by atoms with Crippen molar-refractivity contribution in [2.24, 2.45) is 0 Å². The summed E-state index contributed by atoms with van der Waals surface area (Å²) in [6.45, 7) is 1.37. The molecule has 0 unspecified atom stereocenters. The molecule has 156 valence electrons. The van der Waals surface area contributed by atoms with E-state index in [2.05, 4.69) is 25.9 Å². The molecule has 1 amide bonds. The highest BCUT2D eigenvalue weighted by molar-refractivity contribution is 9.10. The van der Waals surface area contributed by atoms with Crippen LogP contribution in [-0.2, 0) is 20.2 Å². The van der Waals surface area contributed by atoms with Crippen molar-refractivity contribution in [3.05, 3.63) is 58.8 Å². The van der Waals surface area contributed by atoms with Crippen LogP contribution < -0.4 is 0 Å². The van der Waals surface area contributed by atoms with E-state index in [9.17, 15) is 13.2 Å². The number of amides is 1. The highest BCUT2D eigenvalue weighted by atomic mass is 79.9. The number of carbonyl (C=O) groups is 1. The van der Waals surface area contributed by atoms with Crippen molar-refractivity contribution >= 4 is 42.9 Å². The number of nitrogens with one attached hydrogen (secondary N) is 1. The van der Waals surface area contributed by atoms with E-state index in [1.165, 1.54) is 10.5 Å². The topological polar surface area (TPSA) is 86.4 Å². The summed E-state index contributed by atoms with van der Waals surface area (Å²) in [5, 5.41) is 0.586. The lowest BCUT2D eigenvalue weighted by Gasteiger charge is -2.36. The van der Waals surface area contributed by atoms with Gasteiger partial charge >= 0.3 is 0 Å². The fraction of sp³-hybridized carbons (Fsp3) is 0.333. The Morgan fingerprint density at radius 1 is 1.10 bits per heavy atom. The van der Waals surface area contributed by atoms with E-state index in [0.29, 0.717) is 24.1 Å². The summed E-state index contributed by atoms with van der Waals surface area (Å²) in [5.41, 5.74) is 1.13. The molecule has 0 spiro atoms. The van der Waals surface area contributed by atoms with Gasteiger partial charge in [-0.05, 0) is 42.7 Å². The van der Waals surface area contributed by atoms with E-state index < -0.39 is 15.4 Å². The maximum Gasteiger partial charge on any atom is 0.245 e. The van der Waals surface area contributed by atoms with Gasteiger partial charge in [-0.1, -0.05) is 28.1 Å². The molecule has 0 bridgehead atoms. The largest absolute Gasteiger partial charge is 0.345 e. The lowest BCUT2D eigenvalue weighted by Crippen LogP contribution is -2.52. The fourth-order valence-corrected chi connectivity index (χ4v) is 6.23. The summed E-state index contributed by atoms with van der Waals surface area (Å²) < 4.78 is 28.8. The van der Waals surface area contributed by atoms with Crippen molar-refractivity contribution in [1.29, 1.82) is 0 Å². The molecule has 1 aromatic carbocycles. The van der Waals surface area contributed by atoms with E-state index in [4.69, 9.17) is 0 Å². The molecule has 7 nitrogen and oxygen atoms in total. The third-order valence-electron chi connectivity index (χ3n) is 6.09. The number of hydrogen-bond donors (Lipinski definition) is 1. The molecule has 3 aromatic rings. The molecule has 30 heavy (non-hydrogen) atoms. The molecule has 1 N–H and O–H groups in total. The van der Waals surface area contributed by atoms with Gasteiger partial charge in [-0.15, -0.1) is 0 Å². The number of aromatic amines is 1. The Balaban J connectivity index is 1.32. The van der Waals surface area contributed by atoms with Gasteiger partial charge in [0.05, 0.1) is 5.41 Å². The minimum Gasteiger partial charge on any atom is -0.345 e. The first-order valence-electron chi connectivity index (χ1n) is 9.89. The molecule has 9 heteroatoms. The minimum atomic E-state index is -3.65. The number of nitrogens with zero attached hydrogens (tertiary/aromatic N) is 3. The van der Waals surface area contributed by atoms with Crippen LogP contribution in [0.3, 0.4) is 0 Å². The molecule has 0 atom stereocenters. The molecule has 2 fully saturated rings. The molecule has 2 aliphatic rings. The Hall–Kier alpha value is -2.23. The second-order valence-electron chi connectivity index (χ2n) is 7.84. The van der Waals surface area contributed by atoms with Crippen LogP contribution in [0.2, 0.25) is 0 Å². The number of pyridine rings is 1. The number of hydrogen-bond acceptors (Lipinski definition) is 4. The number of fused-ring (bicyclic) bond motifs is 1. The van der Waals surface area contributed by atoms with Gasteiger partial charge in [0.15, 0.2) is 0 Å². The second-order valence-corrected chi connectivity index (χ2v) is 10.7. The fourth-order valence-electron chi connectivity index (χ4n) is 4.25. The SMILES string of the molecule is O=C(N1CCN(S(=O)(=O)c2c[nH]c3ncccc23)CC1)C1(c2cccc(Br)c2)CC1. The normalized spacial score (nSPS) is 19.2. The molecule has 1 aliphatic heterocycles. The van der Waals surface area contributed by atoms with Crippen LogP contribution in [0.4, 0.5) is 0 Å². The van der Waals surface area contributed by atoms with Gasteiger partial charge in [0.25, 0.3) is 0 Å². The first-order chi connectivity index (χ1) is 14.4. The molecular weight excluding hydrogens is 468 g/mol. The van der Waals surface area contributed by atoms with E-state index in [1.54, 1.807) is 18.3 Å². The summed E-state index contributed by atoms with van der Waals surface area (Å²) in [5.74, 6) is 0.106. The van der Waals surface area contributed by atoms with Crippen LogP contribution in [0.25, 0.3) is 11.0 Å². The van der Waals surface area contributed by atoms with E-state index in [1.807, 2.05) is 29.2 Å². The number of rotatable bonds is 4. The predicted molar refractivity (Wildman–Crippen MR) is 116 cm³/mol.